The minimum Gasteiger partial charge on any atom is -0.480 e. The lowest BCUT2D eigenvalue weighted by atomic mass is 10.0. The van der Waals surface area contributed by atoms with Gasteiger partial charge >= 0.3 is 5.97 Å². The standard InChI is InChI=1S/C20H29NO5S/c1-14(2)18(27(25,26)16-11-7-4-8-12-16)19(22)21-17(20(23)24)13-15-9-5-3-6-10-15/h3,5-6,9-10,14,16-18H,4,7-8,11-13H2,1-2H3,(H,21,22)(H,23,24). The van der Waals surface area contributed by atoms with Gasteiger partial charge in [0.25, 0.3) is 0 Å². The second-order valence-electron chi connectivity index (χ2n) is 7.60. The summed E-state index contributed by atoms with van der Waals surface area (Å²) in [5.74, 6) is -2.31. The van der Waals surface area contributed by atoms with Crippen molar-refractivity contribution in [2.24, 2.45) is 5.92 Å². The molecule has 0 saturated heterocycles. The third kappa shape index (κ3) is 5.54. The van der Waals surface area contributed by atoms with Gasteiger partial charge < -0.3 is 10.4 Å². The van der Waals surface area contributed by atoms with E-state index < -0.39 is 44.2 Å². The number of hydrogen-bond donors (Lipinski definition) is 2. The van der Waals surface area contributed by atoms with E-state index in [2.05, 4.69) is 5.32 Å². The fourth-order valence-corrected chi connectivity index (χ4v) is 6.27. The normalized spacial score (nSPS) is 18.0. The summed E-state index contributed by atoms with van der Waals surface area (Å²) in [5, 5.41) is 10.2. The minimum absolute atomic E-state index is 0.107. The molecule has 6 nitrogen and oxygen atoms in total. The van der Waals surface area contributed by atoms with Crippen molar-refractivity contribution in [2.45, 2.75) is 68.9 Å². The summed E-state index contributed by atoms with van der Waals surface area (Å²) in [6.45, 7) is 3.38. The van der Waals surface area contributed by atoms with Gasteiger partial charge in [-0.2, -0.15) is 0 Å². The topological polar surface area (TPSA) is 101 Å². The first-order valence-corrected chi connectivity index (χ1v) is 11.1. The SMILES string of the molecule is CC(C)C(C(=O)NC(Cc1ccccc1)C(=O)O)S(=O)(=O)C1CCCCC1. The molecule has 7 heteroatoms. The van der Waals surface area contributed by atoms with Crippen molar-refractivity contribution in [3.63, 3.8) is 0 Å². The van der Waals surface area contributed by atoms with Crippen molar-refractivity contribution in [2.75, 3.05) is 0 Å². The molecule has 1 aliphatic rings. The Morgan fingerprint density at radius 3 is 2.22 bits per heavy atom. The summed E-state index contributed by atoms with van der Waals surface area (Å²) in [7, 11) is -3.67. The first kappa shape index (κ1) is 21.4. The Labute approximate surface area is 161 Å². The van der Waals surface area contributed by atoms with Crippen LogP contribution in [0.2, 0.25) is 0 Å². The van der Waals surface area contributed by atoms with Gasteiger partial charge in [-0.25, -0.2) is 13.2 Å². The lowest BCUT2D eigenvalue weighted by Gasteiger charge is -2.29. The molecule has 0 bridgehead atoms. The second kappa shape index (κ2) is 9.35. The molecule has 150 valence electrons. The van der Waals surface area contributed by atoms with E-state index in [1.165, 1.54) is 0 Å². The van der Waals surface area contributed by atoms with Crippen molar-refractivity contribution in [3.8, 4) is 0 Å². The van der Waals surface area contributed by atoms with Gasteiger partial charge in [0.1, 0.15) is 11.3 Å². The molecule has 0 heterocycles. The summed E-state index contributed by atoms with van der Waals surface area (Å²) in [4.78, 5) is 24.4. The molecule has 1 amide bonds. The van der Waals surface area contributed by atoms with E-state index >= 15 is 0 Å². The van der Waals surface area contributed by atoms with Crippen LogP contribution in [0.1, 0.15) is 51.5 Å². The largest absolute Gasteiger partial charge is 0.480 e. The van der Waals surface area contributed by atoms with Crippen molar-refractivity contribution >= 4 is 21.7 Å². The van der Waals surface area contributed by atoms with Gasteiger partial charge in [-0.3, -0.25) is 4.79 Å². The highest BCUT2D eigenvalue weighted by Crippen LogP contribution is 2.29. The molecule has 1 aliphatic carbocycles. The van der Waals surface area contributed by atoms with Crippen LogP contribution in [0.5, 0.6) is 0 Å². The monoisotopic (exact) mass is 395 g/mol. The molecular formula is C20H29NO5S. The van der Waals surface area contributed by atoms with E-state index in [4.69, 9.17) is 0 Å². The maximum Gasteiger partial charge on any atom is 0.326 e. The molecule has 1 aromatic rings. The van der Waals surface area contributed by atoms with Crippen LogP contribution in [-0.2, 0) is 25.8 Å². The number of carbonyl (C=O) groups excluding carboxylic acids is 1. The van der Waals surface area contributed by atoms with Crippen LogP contribution >= 0.6 is 0 Å². The predicted molar refractivity (Wildman–Crippen MR) is 104 cm³/mol. The van der Waals surface area contributed by atoms with Gasteiger partial charge in [-0.1, -0.05) is 63.4 Å². The maximum atomic E-state index is 13.1. The highest BCUT2D eigenvalue weighted by atomic mass is 32.2. The molecular weight excluding hydrogens is 366 g/mol. The third-order valence-corrected chi connectivity index (χ3v) is 8.00. The molecule has 0 spiro atoms. The number of nitrogens with one attached hydrogen (secondary N) is 1. The maximum absolute atomic E-state index is 13.1. The third-order valence-electron chi connectivity index (χ3n) is 5.13. The smallest absolute Gasteiger partial charge is 0.326 e. The van der Waals surface area contributed by atoms with Crippen LogP contribution in [0.25, 0.3) is 0 Å². The number of sulfone groups is 1. The van der Waals surface area contributed by atoms with Crippen LogP contribution in [-0.4, -0.2) is 41.9 Å². The number of benzene rings is 1. The van der Waals surface area contributed by atoms with Gasteiger partial charge in [0.15, 0.2) is 9.84 Å². The van der Waals surface area contributed by atoms with Gasteiger partial charge in [-0.15, -0.1) is 0 Å². The van der Waals surface area contributed by atoms with Crippen LogP contribution < -0.4 is 5.32 Å². The number of hydrogen-bond acceptors (Lipinski definition) is 4. The van der Waals surface area contributed by atoms with Gasteiger partial charge in [0.05, 0.1) is 5.25 Å². The molecule has 1 aromatic carbocycles. The van der Waals surface area contributed by atoms with Gasteiger partial charge in [-0.05, 0) is 24.3 Å². The molecule has 1 saturated carbocycles. The number of amides is 1. The molecule has 0 radical (unpaired) electrons. The summed E-state index contributed by atoms with van der Waals surface area (Å²) in [6.07, 6.45) is 3.97. The van der Waals surface area contributed by atoms with Crippen molar-refractivity contribution in [1.29, 1.82) is 0 Å². The van der Waals surface area contributed by atoms with E-state index in [9.17, 15) is 23.1 Å². The Hall–Kier alpha value is -1.89. The second-order valence-corrected chi connectivity index (χ2v) is 9.96. The van der Waals surface area contributed by atoms with Crippen LogP contribution in [0, 0.1) is 5.92 Å². The Morgan fingerprint density at radius 2 is 1.70 bits per heavy atom. The van der Waals surface area contributed by atoms with Crippen LogP contribution in [0.3, 0.4) is 0 Å². The van der Waals surface area contributed by atoms with E-state index in [1.807, 2.05) is 6.07 Å². The van der Waals surface area contributed by atoms with Gasteiger partial charge in [0, 0.05) is 6.42 Å². The first-order chi connectivity index (χ1) is 12.7. The summed E-state index contributed by atoms with van der Waals surface area (Å²) < 4.78 is 26.1. The fourth-order valence-electron chi connectivity index (χ4n) is 3.74. The van der Waals surface area contributed by atoms with Crippen LogP contribution in [0.15, 0.2) is 30.3 Å². The highest BCUT2D eigenvalue weighted by molar-refractivity contribution is 7.93. The predicted octanol–water partition coefficient (Wildman–Crippen LogP) is 2.57. The number of carboxylic acids is 1. The average molecular weight is 396 g/mol. The zero-order valence-corrected chi connectivity index (χ0v) is 16.7. The van der Waals surface area contributed by atoms with E-state index in [1.54, 1.807) is 38.1 Å². The van der Waals surface area contributed by atoms with Crippen molar-refractivity contribution < 1.29 is 23.1 Å². The quantitative estimate of drug-likeness (QED) is 0.705. The molecule has 2 N–H and O–H groups in total. The Kier molecular flexibility index (Phi) is 7.41. The summed E-state index contributed by atoms with van der Waals surface area (Å²) >= 11 is 0. The number of aliphatic carboxylic acids is 1. The van der Waals surface area contributed by atoms with E-state index in [0.717, 1.165) is 24.8 Å². The molecule has 2 rings (SSSR count). The zero-order valence-electron chi connectivity index (χ0n) is 15.9. The average Bonchev–Trinajstić information content (AvgIpc) is 2.62. The molecule has 2 unspecified atom stereocenters. The Balaban J connectivity index is 2.18. The molecule has 1 fully saturated rings. The first-order valence-electron chi connectivity index (χ1n) is 9.53. The van der Waals surface area contributed by atoms with E-state index in [-0.39, 0.29) is 6.42 Å². The Morgan fingerprint density at radius 1 is 1.11 bits per heavy atom. The van der Waals surface area contributed by atoms with Crippen molar-refractivity contribution in [1.82, 2.24) is 5.32 Å². The van der Waals surface area contributed by atoms with Gasteiger partial charge in [0.2, 0.25) is 5.91 Å². The zero-order chi connectivity index (χ0) is 20.0. The lowest BCUT2D eigenvalue weighted by Crippen LogP contribution is -2.52. The number of carboxylic acid groups (broad SMARTS) is 1. The summed E-state index contributed by atoms with van der Waals surface area (Å²) in [5.41, 5.74) is 0.765. The number of rotatable bonds is 8. The minimum atomic E-state index is -3.67. The molecule has 2 atom stereocenters. The van der Waals surface area contributed by atoms with Crippen LogP contribution in [0.4, 0.5) is 0 Å². The molecule has 0 aromatic heterocycles. The lowest BCUT2D eigenvalue weighted by molar-refractivity contribution is -0.141. The molecule has 27 heavy (non-hydrogen) atoms. The number of carbonyl (C=O) groups is 2. The fraction of sp³-hybridized carbons (Fsp3) is 0.600. The van der Waals surface area contributed by atoms with Crippen molar-refractivity contribution in [3.05, 3.63) is 35.9 Å². The Bertz CT molecular complexity index is 739. The molecule has 0 aliphatic heterocycles. The van der Waals surface area contributed by atoms with E-state index in [0.29, 0.717) is 12.8 Å². The highest BCUT2D eigenvalue weighted by Gasteiger charge is 2.42. The summed E-state index contributed by atoms with van der Waals surface area (Å²) in [6, 6.07) is 7.80.